The number of allylic oxidation sites excluding steroid dienone is 1. The van der Waals surface area contributed by atoms with Crippen LogP contribution in [0.5, 0.6) is 0 Å². The number of nitriles is 1. The summed E-state index contributed by atoms with van der Waals surface area (Å²) in [6, 6.07) is 11.8. The largest absolute Gasteiger partial charge is 0.339 e. The number of benzene rings is 1. The zero-order valence-electron chi connectivity index (χ0n) is 20.2. The van der Waals surface area contributed by atoms with E-state index in [2.05, 4.69) is 58.5 Å². The molecule has 35 heavy (non-hydrogen) atoms. The molecule has 4 aliphatic heterocycles. The van der Waals surface area contributed by atoms with Crippen molar-refractivity contribution < 1.29 is 4.79 Å². The van der Waals surface area contributed by atoms with Gasteiger partial charge in [0.2, 0.25) is 5.91 Å². The number of hydrogen-bond donors (Lipinski definition) is 1. The molecule has 3 atom stereocenters. The first-order valence-electron chi connectivity index (χ1n) is 12.6. The standard InChI is InChI=1S/C28H31N5OS/c1-20-13-23-14-22(3-4-25(23)35-20)21-6-11-32(12-7-21)26(34)15-27-9-5-24(16-31-18-27)33(27)28(17-29)8-2-10-30-19-28/h2-4,6,8,10,13-14,24,31H,5,7,9,11-12,15-16,18-19H2,1H3. The summed E-state index contributed by atoms with van der Waals surface area (Å²) in [5, 5.41) is 15.1. The van der Waals surface area contributed by atoms with Crippen molar-refractivity contribution in [2.24, 2.45) is 4.99 Å². The minimum atomic E-state index is -0.758. The van der Waals surface area contributed by atoms with Crippen LogP contribution in [0.25, 0.3) is 15.7 Å². The lowest BCUT2D eigenvalue weighted by molar-refractivity contribution is -0.135. The molecule has 4 aliphatic rings. The van der Waals surface area contributed by atoms with Gasteiger partial charge in [-0.25, -0.2) is 0 Å². The molecule has 1 aromatic heterocycles. The van der Waals surface area contributed by atoms with Crippen LogP contribution in [0.3, 0.4) is 0 Å². The average molecular weight is 486 g/mol. The number of nitrogens with zero attached hydrogens (tertiary/aromatic N) is 4. The van der Waals surface area contributed by atoms with Gasteiger partial charge in [0.15, 0.2) is 0 Å². The molecule has 0 saturated carbocycles. The predicted molar refractivity (Wildman–Crippen MR) is 142 cm³/mol. The molecule has 3 unspecified atom stereocenters. The number of fused-ring (bicyclic) bond motifs is 3. The Labute approximate surface area is 210 Å². The summed E-state index contributed by atoms with van der Waals surface area (Å²) < 4.78 is 1.33. The van der Waals surface area contributed by atoms with E-state index in [0.29, 0.717) is 19.5 Å². The number of carbonyl (C=O) groups is 1. The van der Waals surface area contributed by atoms with E-state index in [0.717, 1.165) is 38.9 Å². The maximum atomic E-state index is 13.6. The molecule has 0 spiro atoms. The van der Waals surface area contributed by atoms with Crippen LogP contribution in [0.4, 0.5) is 0 Å². The lowest BCUT2D eigenvalue weighted by atomic mass is 9.84. The van der Waals surface area contributed by atoms with Gasteiger partial charge in [-0.3, -0.25) is 14.7 Å². The Morgan fingerprint density at radius 2 is 2.29 bits per heavy atom. The van der Waals surface area contributed by atoms with Gasteiger partial charge < -0.3 is 10.2 Å². The van der Waals surface area contributed by atoms with Crippen LogP contribution < -0.4 is 5.32 Å². The number of rotatable bonds is 4. The molecule has 2 bridgehead atoms. The second kappa shape index (κ2) is 8.70. The number of nitrogens with one attached hydrogen (secondary N) is 1. The van der Waals surface area contributed by atoms with E-state index in [1.807, 2.05) is 28.4 Å². The molecule has 1 amide bonds. The molecule has 2 aromatic rings. The molecule has 1 N–H and O–H groups in total. The summed E-state index contributed by atoms with van der Waals surface area (Å²) in [7, 11) is 0. The molecular weight excluding hydrogens is 454 g/mol. The van der Waals surface area contributed by atoms with E-state index in [-0.39, 0.29) is 17.5 Å². The van der Waals surface area contributed by atoms with Crippen LogP contribution in [0, 0.1) is 18.3 Å². The van der Waals surface area contributed by atoms with Crippen LogP contribution in [0.2, 0.25) is 0 Å². The Morgan fingerprint density at radius 3 is 3.06 bits per heavy atom. The first-order chi connectivity index (χ1) is 17.0. The summed E-state index contributed by atoms with van der Waals surface area (Å²) >= 11 is 1.83. The van der Waals surface area contributed by atoms with E-state index in [4.69, 9.17) is 0 Å². The van der Waals surface area contributed by atoms with Gasteiger partial charge >= 0.3 is 0 Å². The minimum Gasteiger partial charge on any atom is -0.339 e. The maximum absolute atomic E-state index is 13.6. The monoisotopic (exact) mass is 485 g/mol. The summed E-state index contributed by atoms with van der Waals surface area (Å²) in [6.07, 6.45) is 11.1. The predicted octanol–water partition coefficient (Wildman–Crippen LogP) is 3.92. The van der Waals surface area contributed by atoms with Crippen molar-refractivity contribution in [2.75, 3.05) is 32.7 Å². The van der Waals surface area contributed by atoms with Crippen molar-refractivity contribution in [1.29, 1.82) is 5.26 Å². The summed E-state index contributed by atoms with van der Waals surface area (Å²) in [6.45, 7) is 5.59. The Hall–Kier alpha value is -2.79. The van der Waals surface area contributed by atoms with Crippen molar-refractivity contribution in [3.63, 3.8) is 0 Å². The smallest absolute Gasteiger partial charge is 0.224 e. The van der Waals surface area contributed by atoms with Gasteiger partial charge in [0.05, 0.1) is 12.6 Å². The molecule has 180 valence electrons. The van der Waals surface area contributed by atoms with Gasteiger partial charge in [0.1, 0.15) is 5.54 Å². The number of thiophene rings is 1. The number of piperazine rings is 1. The van der Waals surface area contributed by atoms with Gasteiger partial charge in [-0.2, -0.15) is 5.26 Å². The Bertz CT molecular complexity index is 1300. The molecule has 6 nitrogen and oxygen atoms in total. The first-order valence-corrected chi connectivity index (χ1v) is 13.4. The quantitative estimate of drug-likeness (QED) is 0.713. The fourth-order valence-corrected chi connectivity index (χ4v) is 7.52. The van der Waals surface area contributed by atoms with Gasteiger partial charge in [0, 0.05) is 60.0 Å². The third kappa shape index (κ3) is 3.85. The van der Waals surface area contributed by atoms with Crippen molar-refractivity contribution >= 4 is 39.1 Å². The third-order valence-electron chi connectivity index (χ3n) is 8.22. The van der Waals surface area contributed by atoms with Crippen molar-refractivity contribution in [3.05, 3.63) is 52.9 Å². The zero-order valence-corrected chi connectivity index (χ0v) is 21.0. The highest BCUT2D eigenvalue weighted by Crippen LogP contribution is 2.45. The highest BCUT2D eigenvalue weighted by Gasteiger charge is 2.57. The van der Waals surface area contributed by atoms with Crippen LogP contribution in [0.1, 0.15) is 36.1 Å². The number of aryl methyl sites for hydroxylation is 1. The lowest BCUT2D eigenvalue weighted by Gasteiger charge is -2.52. The topological polar surface area (TPSA) is 71.7 Å². The van der Waals surface area contributed by atoms with E-state index >= 15 is 0 Å². The van der Waals surface area contributed by atoms with E-state index < -0.39 is 5.54 Å². The van der Waals surface area contributed by atoms with Gasteiger partial charge in [-0.05, 0) is 73.1 Å². The molecule has 2 saturated heterocycles. The second-order valence-corrected chi connectivity index (χ2v) is 11.7. The molecule has 5 heterocycles. The van der Waals surface area contributed by atoms with E-state index in [1.165, 1.54) is 26.1 Å². The van der Waals surface area contributed by atoms with Crippen LogP contribution >= 0.6 is 11.3 Å². The van der Waals surface area contributed by atoms with Crippen LogP contribution in [-0.4, -0.2) is 71.8 Å². The fraction of sp³-hybridized carbons (Fsp3) is 0.464. The number of hydrogen-bond acceptors (Lipinski definition) is 6. The van der Waals surface area contributed by atoms with Gasteiger partial charge in [0.25, 0.3) is 0 Å². The number of dihydropyridines is 1. The van der Waals surface area contributed by atoms with Crippen molar-refractivity contribution in [3.8, 4) is 6.07 Å². The average Bonchev–Trinajstić information content (AvgIpc) is 3.37. The summed E-state index contributed by atoms with van der Waals surface area (Å²) in [4.78, 5) is 23.7. The Morgan fingerprint density at radius 1 is 1.37 bits per heavy atom. The third-order valence-corrected chi connectivity index (χ3v) is 9.26. The van der Waals surface area contributed by atoms with Gasteiger partial charge in [-0.15, -0.1) is 11.3 Å². The first kappa shape index (κ1) is 22.7. The van der Waals surface area contributed by atoms with Crippen LogP contribution in [-0.2, 0) is 4.79 Å². The number of amides is 1. The van der Waals surface area contributed by atoms with Crippen molar-refractivity contribution in [2.45, 2.75) is 49.7 Å². The summed E-state index contributed by atoms with van der Waals surface area (Å²) in [5.74, 6) is 0.190. The highest BCUT2D eigenvalue weighted by molar-refractivity contribution is 7.19. The second-order valence-electron chi connectivity index (χ2n) is 10.4. The molecule has 0 radical (unpaired) electrons. The molecule has 0 aliphatic carbocycles. The van der Waals surface area contributed by atoms with E-state index in [1.54, 1.807) is 6.21 Å². The molecule has 6 rings (SSSR count). The normalized spacial score (nSPS) is 30.5. The lowest BCUT2D eigenvalue weighted by Crippen LogP contribution is -2.69. The number of aliphatic imine (C=N–C) groups is 1. The van der Waals surface area contributed by atoms with Crippen LogP contribution in [0.15, 0.2) is 47.5 Å². The Kier molecular flexibility index (Phi) is 5.63. The molecular formula is C28H31N5OS. The minimum absolute atomic E-state index is 0.190. The van der Waals surface area contributed by atoms with Crippen molar-refractivity contribution in [1.82, 2.24) is 15.1 Å². The van der Waals surface area contributed by atoms with E-state index in [9.17, 15) is 10.1 Å². The zero-order chi connectivity index (χ0) is 24.0. The maximum Gasteiger partial charge on any atom is 0.224 e. The van der Waals surface area contributed by atoms with Gasteiger partial charge in [-0.1, -0.05) is 12.1 Å². The highest BCUT2D eigenvalue weighted by atomic mass is 32.1. The Balaban J connectivity index is 1.20. The SMILES string of the molecule is Cc1cc2cc(C3=CCN(C(=O)CC45CCC(CNC4)N5C4(C#N)C=CC=NC4)CC3)ccc2s1. The summed E-state index contributed by atoms with van der Waals surface area (Å²) in [5.41, 5.74) is 1.50. The molecule has 1 aromatic carbocycles. The molecule has 7 heteroatoms. The molecule has 2 fully saturated rings. The fourth-order valence-electron chi connectivity index (χ4n) is 6.61. The number of carbonyl (C=O) groups excluding carboxylic acids is 1.